The van der Waals surface area contributed by atoms with Crippen LogP contribution in [0.4, 0.5) is 0 Å². The molecule has 1 heterocycles. The number of hydrogen-bond acceptors (Lipinski definition) is 3. The van der Waals surface area contributed by atoms with Gasteiger partial charge in [-0.1, -0.05) is 0 Å². The maximum Gasteiger partial charge on any atom is 0.176 e. The molecule has 0 bridgehead atoms. The zero-order valence-electron chi connectivity index (χ0n) is 8.70. The van der Waals surface area contributed by atoms with Gasteiger partial charge in [0.1, 0.15) is 5.76 Å². The summed E-state index contributed by atoms with van der Waals surface area (Å²) >= 11 is 0. The topological polar surface area (TPSA) is 46.2 Å². The van der Waals surface area contributed by atoms with Gasteiger partial charge >= 0.3 is 0 Å². The summed E-state index contributed by atoms with van der Waals surface area (Å²) in [4.78, 5) is 0. The van der Waals surface area contributed by atoms with E-state index in [2.05, 4.69) is 6.07 Å². The van der Waals surface area contributed by atoms with Crippen LogP contribution in [0.3, 0.4) is 0 Å². The van der Waals surface area contributed by atoms with Crippen LogP contribution in [0.15, 0.2) is 22.6 Å². The zero-order valence-corrected chi connectivity index (χ0v) is 8.70. The van der Waals surface area contributed by atoms with E-state index in [4.69, 9.17) is 14.4 Å². The molecule has 0 amide bonds. The van der Waals surface area contributed by atoms with Gasteiger partial charge in [0.05, 0.1) is 19.6 Å². The van der Waals surface area contributed by atoms with Gasteiger partial charge in [-0.2, -0.15) is 5.26 Å². The van der Waals surface area contributed by atoms with E-state index in [1.807, 2.05) is 25.1 Å². The number of methoxy groups -OCH3 is 1. The predicted molar refractivity (Wildman–Crippen MR) is 56.8 cm³/mol. The van der Waals surface area contributed by atoms with Gasteiger partial charge in [-0.05, 0) is 30.7 Å². The molecular formula is C12H11NO2. The molecule has 76 valence electrons. The summed E-state index contributed by atoms with van der Waals surface area (Å²) in [5, 5.41) is 9.63. The first kappa shape index (κ1) is 9.60. The van der Waals surface area contributed by atoms with Crippen LogP contribution in [-0.2, 0) is 6.42 Å². The average Bonchev–Trinajstić information content (AvgIpc) is 2.57. The van der Waals surface area contributed by atoms with E-state index in [9.17, 15) is 0 Å². The van der Waals surface area contributed by atoms with E-state index in [0.717, 1.165) is 22.3 Å². The highest BCUT2D eigenvalue weighted by atomic mass is 16.5. The summed E-state index contributed by atoms with van der Waals surface area (Å²) in [7, 11) is 1.60. The Bertz CT molecular complexity index is 534. The molecule has 0 spiro atoms. The number of ether oxygens (including phenoxy) is 1. The Morgan fingerprint density at radius 3 is 2.87 bits per heavy atom. The van der Waals surface area contributed by atoms with Gasteiger partial charge in [-0.25, -0.2) is 0 Å². The number of hydrogen-bond donors (Lipinski definition) is 0. The summed E-state index contributed by atoms with van der Waals surface area (Å²) in [5.41, 5.74) is 1.69. The highest BCUT2D eigenvalue weighted by molar-refractivity contribution is 5.84. The second-order valence-electron chi connectivity index (χ2n) is 3.41. The highest BCUT2D eigenvalue weighted by Gasteiger charge is 2.08. The molecule has 15 heavy (non-hydrogen) atoms. The molecule has 0 aliphatic carbocycles. The third kappa shape index (κ3) is 1.66. The molecule has 0 atom stereocenters. The molecule has 0 saturated carbocycles. The Hall–Kier alpha value is -1.95. The minimum Gasteiger partial charge on any atom is -0.493 e. The molecule has 0 unspecified atom stereocenters. The molecule has 2 rings (SSSR count). The van der Waals surface area contributed by atoms with Crippen LogP contribution in [0, 0.1) is 18.3 Å². The minimum absolute atomic E-state index is 0.385. The standard InChI is InChI=1S/C12H11NO2/c1-8-5-10-6-9(3-4-13)7-11(14-2)12(10)15-8/h5-7H,3H2,1-2H3. The smallest absolute Gasteiger partial charge is 0.176 e. The number of aryl methyl sites for hydroxylation is 1. The van der Waals surface area contributed by atoms with Crippen LogP contribution in [-0.4, -0.2) is 7.11 Å². The molecule has 0 saturated heterocycles. The molecule has 2 aromatic rings. The monoisotopic (exact) mass is 201 g/mol. The van der Waals surface area contributed by atoms with E-state index >= 15 is 0 Å². The SMILES string of the molecule is COc1cc(CC#N)cc2cc(C)oc12. The predicted octanol–water partition coefficient (Wildman–Crippen LogP) is 2.82. The molecule has 1 aromatic heterocycles. The van der Waals surface area contributed by atoms with Crippen molar-refractivity contribution in [1.82, 2.24) is 0 Å². The average molecular weight is 201 g/mol. The van der Waals surface area contributed by atoms with E-state index in [0.29, 0.717) is 12.2 Å². The number of nitrogens with zero attached hydrogens (tertiary/aromatic N) is 1. The van der Waals surface area contributed by atoms with E-state index in [1.54, 1.807) is 7.11 Å². The van der Waals surface area contributed by atoms with Crippen LogP contribution in [0.25, 0.3) is 11.0 Å². The number of furan rings is 1. The van der Waals surface area contributed by atoms with Gasteiger partial charge in [-0.15, -0.1) is 0 Å². The van der Waals surface area contributed by atoms with Gasteiger partial charge in [0, 0.05) is 5.39 Å². The van der Waals surface area contributed by atoms with Crippen molar-refractivity contribution in [2.75, 3.05) is 7.11 Å². The number of rotatable bonds is 2. The van der Waals surface area contributed by atoms with Crippen LogP contribution < -0.4 is 4.74 Å². The van der Waals surface area contributed by atoms with Crippen molar-refractivity contribution in [3.8, 4) is 11.8 Å². The van der Waals surface area contributed by atoms with E-state index in [-0.39, 0.29) is 0 Å². The first-order valence-electron chi connectivity index (χ1n) is 4.68. The van der Waals surface area contributed by atoms with Crippen molar-refractivity contribution in [1.29, 1.82) is 5.26 Å². The van der Waals surface area contributed by atoms with E-state index in [1.165, 1.54) is 0 Å². The fourth-order valence-corrected chi connectivity index (χ4v) is 1.65. The van der Waals surface area contributed by atoms with Gasteiger partial charge in [-0.3, -0.25) is 0 Å². The number of nitriles is 1. The third-order valence-electron chi connectivity index (χ3n) is 2.27. The molecule has 3 nitrogen and oxygen atoms in total. The first-order chi connectivity index (χ1) is 7.24. The van der Waals surface area contributed by atoms with Gasteiger partial charge in [0.2, 0.25) is 0 Å². The van der Waals surface area contributed by atoms with Gasteiger partial charge < -0.3 is 9.15 Å². The summed E-state index contributed by atoms with van der Waals surface area (Å²) in [5.74, 6) is 1.53. The summed E-state index contributed by atoms with van der Waals surface area (Å²) in [6.45, 7) is 1.89. The van der Waals surface area contributed by atoms with E-state index < -0.39 is 0 Å². The largest absolute Gasteiger partial charge is 0.493 e. The molecule has 1 aromatic carbocycles. The molecule has 0 radical (unpaired) electrons. The van der Waals surface area contributed by atoms with Crippen molar-refractivity contribution in [3.05, 3.63) is 29.5 Å². The third-order valence-corrected chi connectivity index (χ3v) is 2.27. The Balaban J connectivity index is 2.66. The van der Waals surface area contributed by atoms with Crippen LogP contribution >= 0.6 is 0 Å². The Morgan fingerprint density at radius 1 is 1.40 bits per heavy atom. The maximum absolute atomic E-state index is 8.65. The van der Waals surface area contributed by atoms with Gasteiger partial charge in [0.25, 0.3) is 0 Å². The molecule has 0 aliphatic heterocycles. The lowest BCUT2D eigenvalue weighted by molar-refractivity contribution is 0.408. The van der Waals surface area contributed by atoms with Crippen molar-refractivity contribution < 1.29 is 9.15 Å². The number of benzene rings is 1. The summed E-state index contributed by atoms with van der Waals surface area (Å²) in [6, 6.07) is 7.86. The fraction of sp³-hybridized carbons (Fsp3) is 0.250. The summed E-state index contributed by atoms with van der Waals surface area (Å²) < 4.78 is 10.7. The van der Waals surface area contributed by atoms with Crippen LogP contribution in [0.2, 0.25) is 0 Å². The Kier molecular flexibility index (Phi) is 2.34. The fourth-order valence-electron chi connectivity index (χ4n) is 1.65. The molecule has 3 heteroatoms. The highest BCUT2D eigenvalue weighted by Crippen LogP contribution is 2.30. The lowest BCUT2D eigenvalue weighted by atomic mass is 10.1. The molecule has 0 fully saturated rings. The molecule has 0 N–H and O–H groups in total. The summed E-state index contributed by atoms with van der Waals surface area (Å²) in [6.07, 6.45) is 0.385. The van der Waals surface area contributed by atoms with Crippen molar-refractivity contribution in [2.45, 2.75) is 13.3 Å². The number of fused-ring (bicyclic) bond motifs is 1. The lowest BCUT2D eigenvalue weighted by Crippen LogP contribution is -1.87. The second-order valence-corrected chi connectivity index (χ2v) is 3.41. The quantitative estimate of drug-likeness (QED) is 0.750. The lowest BCUT2D eigenvalue weighted by Gasteiger charge is -2.02. The van der Waals surface area contributed by atoms with Gasteiger partial charge in [0.15, 0.2) is 11.3 Å². The van der Waals surface area contributed by atoms with Crippen molar-refractivity contribution >= 4 is 11.0 Å². The first-order valence-corrected chi connectivity index (χ1v) is 4.68. The van der Waals surface area contributed by atoms with Crippen molar-refractivity contribution in [3.63, 3.8) is 0 Å². The minimum atomic E-state index is 0.385. The normalized spacial score (nSPS) is 10.2. The zero-order chi connectivity index (χ0) is 10.8. The second kappa shape index (κ2) is 3.66. The Labute approximate surface area is 87.9 Å². The van der Waals surface area contributed by atoms with Crippen molar-refractivity contribution in [2.24, 2.45) is 0 Å². The van der Waals surface area contributed by atoms with Crippen LogP contribution in [0.1, 0.15) is 11.3 Å². The van der Waals surface area contributed by atoms with Crippen LogP contribution in [0.5, 0.6) is 5.75 Å². The molecular weight excluding hydrogens is 190 g/mol. The Morgan fingerprint density at radius 2 is 2.20 bits per heavy atom. The maximum atomic E-state index is 8.65. The molecule has 0 aliphatic rings.